The minimum Gasteiger partial charge on any atom is -0.454 e. The normalized spacial score (nSPS) is 17.0. The Balaban J connectivity index is 1.73. The summed E-state index contributed by atoms with van der Waals surface area (Å²) in [4.78, 5) is 0. The van der Waals surface area contributed by atoms with E-state index in [1.807, 2.05) is 48.5 Å². The maximum Gasteiger partial charge on any atom is 0.231 e. The van der Waals surface area contributed by atoms with Gasteiger partial charge in [-0.15, -0.1) is 0 Å². The van der Waals surface area contributed by atoms with Crippen molar-refractivity contribution in [2.75, 3.05) is 6.79 Å². The van der Waals surface area contributed by atoms with Gasteiger partial charge >= 0.3 is 0 Å². The van der Waals surface area contributed by atoms with E-state index in [1.165, 1.54) is 0 Å². The van der Waals surface area contributed by atoms with Crippen molar-refractivity contribution >= 4 is 0 Å². The van der Waals surface area contributed by atoms with Crippen molar-refractivity contribution < 1.29 is 14.6 Å². The maximum atomic E-state index is 10.8. The molecule has 0 amide bonds. The van der Waals surface area contributed by atoms with Gasteiger partial charge in [0.1, 0.15) is 6.10 Å². The highest BCUT2D eigenvalue weighted by Gasteiger charge is 2.29. The first kappa shape index (κ1) is 12.7. The van der Waals surface area contributed by atoms with Crippen LogP contribution >= 0.6 is 0 Å². The average Bonchev–Trinajstić information content (AvgIpc) is 3.18. The molecule has 3 heteroatoms. The molecule has 0 bridgehead atoms. The molecule has 0 saturated heterocycles. The lowest BCUT2D eigenvalue weighted by molar-refractivity contribution is 0.174. The number of hydrogen-bond acceptors (Lipinski definition) is 3. The van der Waals surface area contributed by atoms with Crippen molar-refractivity contribution in [1.29, 1.82) is 0 Å². The first-order valence-electron chi connectivity index (χ1n) is 7.63. The molecule has 5 rings (SSSR count). The molecule has 1 N–H and O–H groups in total. The third-order valence-corrected chi connectivity index (χ3v) is 4.61. The summed E-state index contributed by atoms with van der Waals surface area (Å²) in [6, 6.07) is 20.1. The summed E-state index contributed by atoms with van der Waals surface area (Å²) in [7, 11) is 0. The minimum atomic E-state index is -0.595. The van der Waals surface area contributed by atoms with Crippen LogP contribution in [0, 0.1) is 0 Å². The van der Waals surface area contributed by atoms with Crippen LogP contribution in [0.2, 0.25) is 0 Å². The van der Waals surface area contributed by atoms with Crippen LogP contribution in [-0.2, 0) is 0 Å². The maximum absolute atomic E-state index is 10.8. The Kier molecular flexibility index (Phi) is 2.55. The highest BCUT2D eigenvalue weighted by atomic mass is 16.7. The molecule has 112 valence electrons. The Morgan fingerprint density at radius 1 is 0.783 bits per heavy atom. The van der Waals surface area contributed by atoms with Gasteiger partial charge in [-0.3, -0.25) is 0 Å². The fourth-order valence-corrected chi connectivity index (χ4v) is 3.55. The lowest BCUT2D eigenvalue weighted by Crippen LogP contribution is -1.96. The molecule has 0 fully saturated rings. The average molecular weight is 302 g/mol. The molecule has 3 aromatic carbocycles. The van der Waals surface area contributed by atoms with Gasteiger partial charge in [0.05, 0.1) is 0 Å². The van der Waals surface area contributed by atoms with Crippen LogP contribution in [0.15, 0.2) is 60.7 Å². The second-order valence-electron chi connectivity index (χ2n) is 5.82. The zero-order chi connectivity index (χ0) is 15.4. The van der Waals surface area contributed by atoms with Crippen molar-refractivity contribution in [3.8, 4) is 33.8 Å². The van der Waals surface area contributed by atoms with Crippen molar-refractivity contribution in [1.82, 2.24) is 0 Å². The Labute approximate surface area is 133 Å². The zero-order valence-electron chi connectivity index (χ0n) is 12.3. The highest BCUT2D eigenvalue weighted by molar-refractivity contribution is 5.86. The number of fused-ring (bicyclic) bond motifs is 4. The number of benzene rings is 3. The van der Waals surface area contributed by atoms with Gasteiger partial charge < -0.3 is 14.6 Å². The summed E-state index contributed by atoms with van der Waals surface area (Å²) in [6.45, 7) is 0.264. The quantitative estimate of drug-likeness (QED) is 0.734. The highest BCUT2D eigenvalue weighted by Crippen LogP contribution is 2.48. The van der Waals surface area contributed by atoms with Crippen LogP contribution < -0.4 is 9.47 Å². The van der Waals surface area contributed by atoms with Crippen LogP contribution in [0.25, 0.3) is 22.3 Å². The third-order valence-electron chi connectivity index (χ3n) is 4.61. The number of aliphatic hydroxyl groups is 1. The van der Waals surface area contributed by atoms with E-state index < -0.39 is 6.10 Å². The van der Waals surface area contributed by atoms with Gasteiger partial charge in [0, 0.05) is 5.56 Å². The van der Waals surface area contributed by atoms with Crippen LogP contribution in [-0.4, -0.2) is 11.9 Å². The van der Waals surface area contributed by atoms with Gasteiger partial charge in [0.25, 0.3) is 0 Å². The lowest BCUT2D eigenvalue weighted by Gasteiger charge is -2.13. The van der Waals surface area contributed by atoms with Crippen molar-refractivity contribution in [3.05, 3.63) is 71.8 Å². The molecular formula is C20H14O3. The first-order valence-corrected chi connectivity index (χ1v) is 7.63. The molecule has 0 saturated carbocycles. The van der Waals surface area contributed by atoms with Crippen molar-refractivity contribution in [2.45, 2.75) is 6.10 Å². The van der Waals surface area contributed by atoms with E-state index in [0.717, 1.165) is 44.9 Å². The molecule has 1 aliphatic carbocycles. The van der Waals surface area contributed by atoms with E-state index in [1.54, 1.807) is 0 Å². The molecule has 1 atom stereocenters. The molecular weight excluding hydrogens is 288 g/mol. The molecule has 23 heavy (non-hydrogen) atoms. The van der Waals surface area contributed by atoms with E-state index in [4.69, 9.17) is 9.47 Å². The largest absolute Gasteiger partial charge is 0.454 e. The molecule has 0 aromatic heterocycles. The van der Waals surface area contributed by atoms with Gasteiger partial charge in [0.2, 0.25) is 6.79 Å². The standard InChI is InChI=1S/C20H14O3/c21-20-16-5-2-1-4-14(16)15-7-3-6-13(19(15)20)12-8-9-17-18(10-12)23-11-22-17/h1-10,20-21H,11H2. The number of aliphatic hydroxyl groups excluding tert-OH is 1. The Hall–Kier alpha value is -2.78. The van der Waals surface area contributed by atoms with Gasteiger partial charge in [-0.05, 0) is 39.9 Å². The minimum absolute atomic E-state index is 0.264. The van der Waals surface area contributed by atoms with Crippen LogP contribution in [0.5, 0.6) is 11.5 Å². The molecule has 2 aliphatic rings. The molecule has 1 unspecified atom stereocenters. The molecule has 0 spiro atoms. The summed E-state index contributed by atoms with van der Waals surface area (Å²) in [5.41, 5.74) is 6.20. The fourth-order valence-electron chi connectivity index (χ4n) is 3.55. The fraction of sp³-hybridized carbons (Fsp3) is 0.100. The number of ether oxygens (including phenoxy) is 2. The summed E-state index contributed by atoms with van der Waals surface area (Å²) in [6.07, 6.45) is -0.595. The third kappa shape index (κ3) is 1.74. The summed E-state index contributed by atoms with van der Waals surface area (Å²) >= 11 is 0. The Bertz CT molecular complexity index is 930. The van der Waals surface area contributed by atoms with E-state index in [0.29, 0.717) is 0 Å². The predicted molar refractivity (Wildman–Crippen MR) is 87.5 cm³/mol. The first-order chi connectivity index (χ1) is 11.3. The topological polar surface area (TPSA) is 38.7 Å². The second-order valence-corrected chi connectivity index (χ2v) is 5.82. The molecule has 3 nitrogen and oxygen atoms in total. The van der Waals surface area contributed by atoms with E-state index in [2.05, 4.69) is 12.1 Å². The van der Waals surface area contributed by atoms with E-state index >= 15 is 0 Å². The molecule has 1 heterocycles. The molecule has 1 aliphatic heterocycles. The van der Waals surface area contributed by atoms with Crippen molar-refractivity contribution in [3.63, 3.8) is 0 Å². The summed E-state index contributed by atoms with van der Waals surface area (Å²) < 4.78 is 10.9. The van der Waals surface area contributed by atoms with E-state index in [-0.39, 0.29) is 6.79 Å². The van der Waals surface area contributed by atoms with E-state index in [9.17, 15) is 5.11 Å². The van der Waals surface area contributed by atoms with Crippen LogP contribution in [0.3, 0.4) is 0 Å². The molecule has 3 aromatic rings. The van der Waals surface area contributed by atoms with Gasteiger partial charge in [-0.1, -0.05) is 48.5 Å². The Morgan fingerprint density at radius 3 is 2.52 bits per heavy atom. The lowest BCUT2D eigenvalue weighted by atomic mass is 9.94. The predicted octanol–water partition coefficient (Wildman–Crippen LogP) is 4.14. The monoisotopic (exact) mass is 302 g/mol. The van der Waals surface area contributed by atoms with Gasteiger partial charge in [-0.2, -0.15) is 0 Å². The number of rotatable bonds is 1. The summed E-state index contributed by atoms with van der Waals surface area (Å²) in [5.74, 6) is 1.52. The SMILES string of the molecule is OC1c2ccccc2-c2cccc(-c3ccc4c(c3)OCO4)c21. The van der Waals surface area contributed by atoms with Crippen LogP contribution in [0.1, 0.15) is 17.2 Å². The molecule has 0 radical (unpaired) electrons. The number of hydrogen-bond donors (Lipinski definition) is 1. The summed E-state index contributed by atoms with van der Waals surface area (Å²) in [5, 5.41) is 10.8. The smallest absolute Gasteiger partial charge is 0.231 e. The van der Waals surface area contributed by atoms with Gasteiger partial charge in [-0.25, -0.2) is 0 Å². The van der Waals surface area contributed by atoms with Gasteiger partial charge in [0.15, 0.2) is 11.5 Å². The van der Waals surface area contributed by atoms with Crippen molar-refractivity contribution in [2.24, 2.45) is 0 Å². The Morgan fingerprint density at radius 2 is 1.57 bits per heavy atom. The second kappa shape index (κ2) is 4.61. The van der Waals surface area contributed by atoms with Crippen LogP contribution in [0.4, 0.5) is 0 Å². The zero-order valence-corrected chi connectivity index (χ0v) is 12.3.